The van der Waals surface area contributed by atoms with Crippen molar-refractivity contribution in [2.45, 2.75) is 26.7 Å². The Morgan fingerprint density at radius 3 is 3.05 bits per heavy atom. The lowest BCUT2D eigenvalue weighted by atomic mass is 10.2. The van der Waals surface area contributed by atoms with Gasteiger partial charge in [-0.1, -0.05) is 13.3 Å². The first-order valence-electron chi connectivity index (χ1n) is 6.88. The van der Waals surface area contributed by atoms with Crippen molar-refractivity contribution in [1.82, 2.24) is 15.2 Å². The molecule has 2 heterocycles. The zero-order valence-corrected chi connectivity index (χ0v) is 12.8. The Balaban J connectivity index is 1.78. The molecule has 0 aliphatic carbocycles. The van der Waals surface area contributed by atoms with Crippen LogP contribution in [-0.2, 0) is 6.42 Å². The largest absolute Gasteiger partial charge is 0.321 e. The van der Waals surface area contributed by atoms with Crippen LogP contribution in [0.2, 0.25) is 0 Å². The molecule has 0 unspecified atom stereocenters. The van der Waals surface area contributed by atoms with Crippen LogP contribution < -0.4 is 5.32 Å². The SMILES string of the molecule is CCCc1cc(C(=O)Nc2ccc3nc(C)sc3c2)n[nH]1. The molecule has 2 N–H and O–H groups in total. The second-order valence-electron chi connectivity index (χ2n) is 4.90. The maximum absolute atomic E-state index is 12.2. The first-order valence-corrected chi connectivity index (χ1v) is 7.70. The molecule has 3 aromatic rings. The van der Waals surface area contributed by atoms with Gasteiger partial charge in [0, 0.05) is 11.4 Å². The van der Waals surface area contributed by atoms with Gasteiger partial charge in [-0.3, -0.25) is 9.89 Å². The number of carbonyl (C=O) groups is 1. The number of aryl methyl sites for hydroxylation is 2. The van der Waals surface area contributed by atoms with Gasteiger partial charge < -0.3 is 5.32 Å². The summed E-state index contributed by atoms with van der Waals surface area (Å²) in [5, 5.41) is 10.8. The first-order chi connectivity index (χ1) is 10.2. The van der Waals surface area contributed by atoms with E-state index in [1.807, 2.05) is 25.1 Å². The lowest BCUT2D eigenvalue weighted by molar-refractivity contribution is 0.102. The molecule has 0 bridgehead atoms. The van der Waals surface area contributed by atoms with Crippen molar-refractivity contribution in [3.63, 3.8) is 0 Å². The summed E-state index contributed by atoms with van der Waals surface area (Å²) < 4.78 is 1.07. The molecule has 1 aromatic carbocycles. The molecule has 3 rings (SSSR count). The Morgan fingerprint density at radius 2 is 2.24 bits per heavy atom. The lowest BCUT2D eigenvalue weighted by Gasteiger charge is -2.02. The van der Waals surface area contributed by atoms with Crippen molar-refractivity contribution in [2.24, 2.45) is 0 Å². The maximum Gasteiger partial charge on any atom is 0.276 e. The number of fused-ring (bicyclic) bond motifs is 1. The number of thiazole rings is 1. The summed E-state index contributed by atoms with van der Waals surface area (Å²) in [4.78, 5) is 16.6. The third-order valence-electron chi connectivity index (χ3n) is 3.14. The van der Waals surface area contributed by atoms with Gasteiger partial charge in [-0.15, -0.1) is 11.3 Å². The number of anilines is 1. The van der Waals surface area contributed by atoms with E-state index in [0.29, 0.717) is 5.69 Å². The molecule has 0 aliphatic heterocycles. The van der Waals surface area contributed by atoms with Crippen molar-refractivity contribution >= 4 is 33.1 Å². The molecule has 2 aromatic heterocycles. The summed E-state index contributed by atoms with van der Waals surface area (Å²) in [6.07, 6.45) is 1.91. The Hall–Kier alpha value is -2.21. The number of hydrogen-bond acceptors (Lipinski definition) is 4. The van der Waals surface area contributed by atoms with Crippen LogP contribution in [0, 0.1) is 6.92 Å². The third kappa shape index (κ3) is 2.95. The normalized spacial score (nSPS) is 11.0. The highest BCUT2D eigenvalue weighted by Gasteiger charge is 2.11. The zero-order valence-electron chi connectivity index (χ0n) is 11.9. The average Bonchev–Trinajstić information content (AvgIpc) is 3.04. The lowest BCUT2D eigenvalue weighted by Crippen LogP contribution is -2.12. The van der Waals surface area contributed by atoms with E-state index in [0.717, 1.165) is 39.4 Å². The Morgan fingerprint density at radius 1 is 1.38 bits per heavy atom. The van der Waals surface area contributed by atoms with Crippen molar-refractivity contribution in [1.29, 1.82) is 0 Å². The highest BCUT2D eigenvalue weighted by Crippen LogP contribution is 2.24. The highest BCUT2D eigenvalue weighted by atomic mass is 32.1. The van der Waals surface area contributed by atoms with Crippen LogP contribution in [0.25, 0.3) is 10.2 Å². The second-order valence-corrected chi connectivity index (χ2v) is 6.13. The number of rotatable bonds is 4. The number of aromatic amines is 1. The highest BCUT2D eigenvalue weighted by molar-refractivity contribution is 7.18. The van der Waals surface area contributed by atoms with Crippen molar-refractivity contribution < 1.29 is 4.79 Å². The van der Waals surface area contributed by atoms with Crippen LogP contribution in [0.4, 0.5) is 5.69 Å². The minimum absolute atomic E-state index is 0.200. The van der Waals surface area contributed by atoms with E-state index < -0.39 is 0 Å². The number of amides is 1. The van der Waals surface area contributed by atoms with Crippen molar-refractivity contribution in [3.8, 4) is 0 Å². The molecule has 0 saturated heterocycles. The van der Waals surface area contributed by atoms with Gasteiger partial charge in [0.2, 0.25) is 0 Å². The predicted molar refractivity (Wildman–Crippen MR) is 84.9 cm³/mol. The number of benzene rings is 1. The van der Waals surface area contributed by atoms with Crippen LogP contribution in [0.15, 0.2) is 24.3 Å². The summed E-state index contributed by atoms with van der Waals surface area (Å²) in [5.74, 6) is -0.200. The molecule has 21 heavy (non-hydrogen) atoms. The molecule has 0 radical (unpaired) electrons. The van der Waals surface area contributed by atoms with E-state index in [9.17, 15) is 4.79 Å². The smallest absolute Gasteiger partial charge is 0.276 e. The Bertz CT molecular complexity index is 790. The molecule has 6 heteroatoms. The van der Waals surface area contributed by atoms with Gasteiger partial charge in [-0.25, -0.2) is 4.98 Å². The van der Waals surface area contributed by atoms with Crippen molar-refractivity contribution in [2.75, 3.05) is 5.32 Å². The van der Waals surface area contributed by atoms with Gasteiger partial charge in [0.15, 0.2) is 5.69 Å². The van der Waals surface area contributed by atoms with E-state index in [4.69, 9.17) is 0 Å². The Kier molecular flexibility index (Phi) is 3.70. The summed E-state index contributed by atoms with van der Waals surface area (Å²) >= 11 is 1.62. The maximum atomic E-state index is 12.2. The molecular weight excluding hydrogens is 284 g/mol. The van der Waals surface area contributed by atoms with Crippen LogP contribution in [0.1, 0.15) is 34.5 Å². The van der Waals surface area contributed by atoms with Crippen LogP contribution in [-0.4, -0.2) is 21.1 Å². The summed E-state index contributed by atoms with van der Waals surface area (Å²) in [6, 6.07) is 7.52. The minimum atomic E-state index is -0.200. The van der Waals surface area contributed by atoms with E-state index in [1.165, 1.54) is 0 Å². The van der Waals surface area contributed by atoms with Crippen LogP contribution in [0.3, 0.4) is 0 Å². The van der Waals surface area contributed by atoms with Crippen LogP contribution >= 0.6 is 11.3 Å². The zero-order chi connectivity index (χ0) is 14.8. The molecule has 108 valence electrons. The number of carbonyl (C=O) groups excluding carboxylic acids is 1. The number of H-pyrrole nitrogens is 1. The predicted octanol–water partition coefficient (Wildman–Crippen LogP) is 3.53. The van der Waals surface area contributed by atoms with E-state index in [1.54, 1.807) is 17.4 Å². The van der Waals surface area contributed by atoms with E-state index in [2.05, 4.69) is 27.4 Å². The van der Waals surface area contributed by atoms with Gasteiger partial charge in [0.25, 0.3) is 5.91 Å². The fourth-order valence-corrected chi connectivity index (χ4v) is 3.05. The molecule has 0 atom stereocenters. The topological polar surface area (TPSA) is 70.7 Å². The molecule has 0 saturated carbocycles. The number of hydrogen-bond donors (Lipinski definition) is 2. The van der Waals surface area contributed by atoms with Gasteiger partial charge in [-0.05, 0) is 37.6 Å². The number of nitrogens with one attached hydrogen (secondary N) is 2. The van der Waals surface area contributed by atoms with Gasteiger partial charge in [0.1, 0.15) is 0 Å². The molecule has 0 fully saturated rings. The van der Waals surface area contributed by atoms with Crippen molar-refractivity contribution in [3.05, 3.63) is 40.7 Å². The number of aromatic nitrogens is 3. The molecule has 1 amide bonds. The molecular formula is C15H16N4OS. The summed E-state index contributed by atoms with van der Waals surface area (Å²) in [5.41, 5.74) is 3.12. The number of nitrogens with zero attached hydrogens (tertiary/aromatic N) is 2. The standard InChI is InChI=1S/C15H16N4OS/c1-3-4-11-7-13(19-18-11)15(20)17-10-5-6-12-14(8-10)21-9(2)16-12/h5-8H,3-4H2,1-2H3,(H,17,20)(H,18,19). The molecule has 5 nitrogen and oxygen atoms in total. The molecule has 0 aliphatic rings. The minimum Gasteiger partial charge on any atom is -0.321 e. The Labute approximate surface area is 126 Å². The van der Waals surface area contributed by atoms with E-state index >= 15 is 0 Å². The summed E-state index contributed by atoms with van der Waals surface area (Å²) in [6.45, 7) is 4.06. The first kappa shape index (κ1) is 13.8. The van der Waals surface area contributed by atoms with Gasteiger partial charge in [-0.2, -0.15) is 5.10 Å². The van der Waals surface area contributed by atoms with Gasteiger partial charge in [0.05, 0.1) is 15.2 Å². The van der Waals surface area contributed by atoms with Gasteiger partial charge >= 0.3 is 0 Å². The van der Waals surface area contributed by atoms with Crippen LogP contribution in [0.5, 0.6) is 0 Å². The summed E-state index contributed by atoms with van der Waals surface area (Å²) in [7, 11) is 0. The fourth-order valence-electron chi connectivity index (χ4n) is 2.19. The third-order valence-corrected chi connectivity index (χ3v) is 4.07. The quantitative estimate of drug-likeness (QED) is 0.774. The monoisotopic (exact) mass is 300 g/mol. The fraction of sp³-hybridized carbons (Fsp3) is 0.267. The molecule has 0 spiro atoms. The second kappa shape index (κ2) is 5.65. The van der Waals surface area contributed by atoms with E-state index in [-0.39, 0.29) is 5.91 Å². The average molecular weight is 300 g/mol.